The number of rotatable bonds is 5. The summed E-state index contributed by atoms with van der Waals surface area (Å²) in [5.74, 6) is 1.10. The van der Waals surface area contributed by atoms with Crippen molar-refractivity contribution >= 4 is 11.8 Å². The fourth-order valence-electron chi connectivity index (χ4n) is 1.28. The number of aryl methyl sites for hydroxylation is 1. The highest BCUT2D eigenvalue weighted by atomic mass is 32.2. The Morgan fingerprint density at radius 1 is 1.33 bits per heavy atom. The van der Waals surface area contributed by atoms with E-state index in [1.165, 1.54) is 10.5 Å². The minimum atomic E-state index is 0.133. The molecule has 0 spiro atoms. The number of hydrogen-bond acceptors (Lipinski definition) is 3. The van der Waals surface area contributed by atoms with Gasteiger partial charge in [-0.15, -0.1) is 11.8 Å². The molecule has 0 heterocycles. The van der Waals surface area contributed by atoms with Crippen molar-refractivity contribution in [2.24, 2.45) is 0 Å². The van der Waals surface area contributed by atoms with Crippen LogP contribution in [-0.4, -0.2) is 36.4 Å². The topological polar surface area (TPSA) is 23.5 Å². The maximum atomic E-state index is 9.04. The van der Waals surface area contributed by atoms with E-state index in [4.69, 9.17) is 5.11 Å². The van der Waals surface area contributed by atoms with E-state index < -0.39 is 0 Å². The van der Waals surface area contributed by atoms with E-state index in [0.29, 0.717) is 0 Å². The van der Waals surface area contributed by atoms with Gasteiger partial charge in [0, 0.05) is 17.2 Å². The lowest BCUT2D eigenvalue weighted by molar-refractivity contribution is 0.281. The smallest absolute Gasteiger partial charge is 0.0684 e. The molecular formula is C12H19NOS. The Balaban J connectivity index is 2.52. The van der Waals surface area contributed by atoms with Gasteiger partial charge in [-0.2, -0.15) is 0 Å². The number of hydrogen-bond donors (Lipinski definition) is 1. The van der Waals surface area contributed by atoms with Crippen molar-refractivity contribution in [3.8, 4) is 0 Å². The molecule has 0 aromatic heterocycles. The maximum absolute atomic E-state index is 9.04. The molecule has 1 N–H and O–H groups in total. The van der Waals surface area contributed by atoms with Gasteiger partial charge in [0.05, 0.1) is 6.61 Å². The maximum Gasteiger partial charge on any atom is 0.0684 e. The molecule has 0 unspecified atom stereocenters. The highest BCUT2D eigenvalue weighted by Gasteiger charge is 2.00. The van der Waals surface area contributed by atoms with Crippen LogP contribution in [0.2, 0.25) is 0 Å². The molecule has 1 rings (SSSR count). The molecule has 1 aromatic carbocycles. The summed E-state index contributed by atoms with van der Waals surface area (Å²) in [6.45, 7) is 3.27. The van der Waals surface area contributed by atoms with Gasteiger partial charge in [-0.05, 0) is 44.3 Å². The van der Waals surface area contributed by atoms with Gasteiger partial charge in [-0.3, -0.25) is 0 Å². The summed E-state index contributed by atoms with van der Waals surface area (Å²) in [5, 5.41) is 9.04. The quantitative estimate of drug-likeness (QED) is 0.777. The van der Waals surface area contributed by atoms with Crippen molar-refractivity contribution in [2.45, 2.75) is 18.4 Å². The van der Waals surface area contributed by atoms with Crippen LogP contribution in [0.4, 0.5) is 0 Å². The number of benzene rings is 1. The Morgan fingerprint density at radius 3 is 2.60 bits per heavy atom. The Morgan fingerprint density at radius 2 is 2.07 bits per heavy atom. The van der Waals surface area contributed by atoms with E-state index in [-0.39, 0.29) is 6.61 Å². The van der Waals surface area contributed by atoms with Crippen LogP contribution < -0.4 is 0 Å². The molecule has 2 nitrogen and oxygen atoms in total. The Kier molecular flexibility index (Phi) is 5.15. The largest absolute Gasteiger partial charge is 0.392 e. The molecule has 0 bridgehead atoms. The van der Waals surface area contributed by atoms with Crippen LogP contribution in [0.5, 0.6) is 0 Å². The zero-order valence-electron chi connectivity index (χ0n) is 9.66. The van der Waals surface area contributed by atoms with Crippen molar-refractivity contribution in [2.75, 3.05) is 26.4 Å². The molecule has 1 aromatic rings. The lowest BCUT2D eigenvalue weighted by atomic mass is 10.1. The second-order valence-electron chi connectivity index (χ2n) is 3.90. The Hall–Kier alpha value is -0.510. The molecule has 15 heavy (non-hydrogen) atoms. The van der Waals surface area contributed by atoms with Crippen molar-refractivity contribution < 1.29 is 5.11 Å². The highest BCUT2D eigenvalue weighted by molar-refractivity contribution is 7.99. The molecule has 0 radical (unpaired) electrons. The fraction of sp³-hybridized carbons (Fsp3) is 0.500. The normalized spacial score (nSPS) is 11.0. The minimum Gasteiger partial charge on any atom is -0.392 e. The molecule has 0 aliphatic rings. The van der Waals surface area contributed by atoms with Gasteiger partial charge in [0.15, 0.2) is 0 Å². The molecule has 0 amide bonds. The van der Waals surface area contributed by atoms with Crippen molar-refractivity contribution in [3.63, 3.8) is 0 Å². The van der Waals surface area contributed by atoms with Crippen molar-refractivity contribution in [1.82, 2.24) is 4.90 Å². The first kappa shape index (κ1) is 12.6. The van der Waals surface area contributed by atoms with Gasteiger partial charge >= 0.3 is 0 Å². The van der Waals surface area contributed by atoms with Gasteiger partial charge in [0.25, 0.3) is 0 Å². The monoisotopic (exact) mass is 225 g/mol. The van der Waals surface area contributed by atoms with E-state index in [9.17, 15) is 0 Å². The number of aliphatic hydroxyl groups excluding tert-OH is 1. The molecule has 0 atom stereocenters. The third kappa shape index (κ3) is 4.24. The Labute approximate surface area is 96.3 Å². The summed E-state index contributed by atoms with van der Waals surface area (Å²) < 4.78 is 0. The molecule has 0 saturated carbocycles. The van der Waals surface area contributed by atoms with Gasteiger partial charge in [-0.25, -0.2) is 0 Å². The first-order valence-electron chi connectivity index (χ1n) is 5.11. The van der Waals surface area contributed by atoms with Crippen LogP contribution in [0.3, 0.4) is 0 Å². The average molecular weight is 225 g/mol. The first-order chi connectivity index (χ1) is 7.13. The molecular weight excluding hydrogens is 206 g/mol. The van der Waals surface area contributed by atoms with E-state index in [0.717, 1.165) is 17.9 Å². The Bertz CT molecular complexity index is 312. The van der Waals surface area contributed by atoms with Gasteiger partial charge in [-0.1, -0.05) is 6.07 Å². The van der Waals surface area contributed by atoms with Gasteiger partial charge < -0.3 is 10.0 Å². The fourth-order valence-corrected chi connectivity index (χ4v) is 2.40. The summed E-state index contributed by atoms with van der Waals surface area (Å²) in [6.07, 6.45) is 0. The standard InChI is InChI=1S/C12H19NOS/c1-10-8-12(5-4-11(10)9-14)15-7-6-13(2)3/h4-5,8,14H,6-7,9H2,1-3H3. The third-order valence-corrected chi connectivity index (χ3v) is 3.27. The summed E-state index contributed by atoms with van der Waals surface area (Å²) in [7, 11) is 4.17. The predicted octanol–water partition coefficient (Wildman–Crippen LogP) is 2.14. The van der Waals surface area contributed by atoms with Crippen molar-refractivity contribution in [3.05, 3.63) is 29.3 Å². The molecule has 3 heteroatoms. The predicted molar refractivity (Wildman–Crippen MR) is 66.4 cm³/mol. The summed E-state index contributed by atoms with van der Waals surface area (Å²) in [6, 6.07) is 6.23. The minimum absolute atomic E-state index is 0.133. The molecule has 0 aliphatic carbocycles. The van der Waals surface area contributed by atoms with Crippen LogP contribution in [0.1, 0.15) is 11.1 Å². The first-order valence-corrected chi connectivity index (χ1v) is 6.10. The van der Waals surface area contributed by atoms with E-state index in [2.05, 4.69) is 31.1 Å². The SMILES string of the molecule is Cc1cc(SCCN(C)C)ccc1CO. The van der Waals surface area contributed by atoms with Gasteiger partial charge in [0.1, 0.15) is 0 Å². The van der Waals surface area contributed by atoms with E-state index >= 15 is 0 Å². The van der Waals surface area contributed by atoms with Crippen LogP contribution >= 0.6 is 11.8 Å². The number of thioether (sulfide) groups is 1. The van der Waals surface area contributed by atoms with Crippen LogP contribution in [-0.2, 0) is 6.61 Å². The average Bonchev–Trinajstić information content (AvgIpc) is 2.17. The number of nitrogens with zero attached hydrogens (tertiary/aromatic N) is 1. The van der Waals surface area contributed by atoms with Crippen LogP contribution in [0, 0.1) is 6.92 Å². The number of aliphatic hydroxyl groups is 1. The zero-order chi connectivity index (χ0) is 11.3. The molecule has 84 valence electrons. The van der Waals surface area contributed by atoms with Crippen molar-refractivity contribution in [1.29, 1.82) is 0 Å². The van der Waals surface area contributed by atoms with Crippen LogP contribution in [0.25, 0.3) is 0 Å². The lowest BCUT2D eigenvalue weighted by Crippen LogP contribution is -2.14. The van der Waals surface area contributed by atoms with E-state index in [1.807, 2.05) is 24.8 Å². The van der Waals surface area contributed by atoms with Crippen LogP contribution in [0.15, 0.2) is 23.1 Å². The zero-order valence-corrected chi connectivity index (χ0v) is 10.5. The second kappa shape index (κ2) is 6.16. The molecule has 0 fully saturated rings. The lowest BCUT2D eigenvalue weighted by Gasteiger charge is -2.09. The molecule has 0 aliphatic heterocycles. The second-order valence-corrected chi connectivity index (χ2v) is 5.07. The third-order valence-electron chi connectivity index (χ3n) is 2.29. The van der Waals surface area contributed by atoms with Gasteiger partial charge in [0.2, 0.25) is 0 Å². The molecule has 0 saturated heterocycles. The summed E-state index contributed by atoms with van der Waals surface area (Å²) >= 11 is 1.86. The summed E-state index contributed by atoms with van der Waals surface area (Å²) in [4.78, 5) is 3.47. The summed E-state index contributed by atoms with van der Waals surface area (Å²) in [5.41, 5.74) is 2.19. The highest BCUT2D eigenvalue weighted by Crippen LogP contribution is 2.21. The van der Waals surface area contributed by atoms with E-state index in [1.54, 1.807) is 0 Å².